The molecular weight excluding hydrogens is 318 g/mol. The van der Waals surface area contributed by atoms with E-state index in [9.17, 15) is 13.2 Å². The molecule has 3 rings (SSSR count). The second-order valence-electron chi connectivity index (χ2n) is 6.35. The number of H-pyrrole nitrogens is 1. The van der Waals surface area contributed by atoms with Gasteiger partial charge in [-0.25, -0.2) is 13.1 Å². The van der Waals surface area contributed by atoms with Crippen molar-refractivity contribution in [2.45, 2.75) is 38.3 Å². The smallest absolute Gasteiger partial charge is 0.272 e. The summed E-state index contributed by atoms with van der Waals surface area (Å²) in [6, 6.07) is -0.0972. The summed E-state index contributed by atoms with van der Waals surface area (Å²) in [5.41, 5.74) is 2.40. The van der Waals surface area contributed by atoms with Gasteiger partial charge in [-0.3, -0.25) is 9.89 Å². The molecular formula is C14H23N5O3S. The molecule has 23 heavy (non-hydrogen) atoms. The van der Waals surface area contributed by atoms with Crippen LogP contribution in [-0.4, -0.2) is 49.9 Å². The van der Waals surface area contributed by atoms with Crippen molar-refractivity contribution in [2.75, 3.05) is 19.3 Å². The summed E-state index contributed by atoms with van der Waals surface area (Å²) >= 11 is 0. The van der Waals surface area contributed by atoms with E-state index in [1.54, 1.807) is 0 Å². The second-order valence-corrected chi connectivity index (χ2v) is 8.13. The van der Waals surface area contributed by atoms with Crippen LogP contribution in [0.4, 0.5) is 0 Å². The summed E-state index contributed by atoms with van der Waals surface area (Å²) in [6.07, 6.45) is 4.71. The summed E-state index contributed by atoms with van der Waals surface area (Å²) in [5, 5.41) is 13.2. The third kappa shape index (κ3) is 3.91. The average Bonchev–Trinajstić information content (AvgIpc) is 3.09. The Morgan fingerprint density at radius 2 is 2.22 bits per heavy atom. The van der Waals surface area contributed by atoms with Crippen LogP contribution in [0.2, 0.25) is 0 Å². The van der Waals surface area contributed by atoms with Gasteiger partial charge in [0.05, 0.1) is 6.26 Å². The SMILES string of the molecule is CS(=O)(=O)NC1CCCC1CNC(=O)c1n[nH]c2c1CNCC2. The van der Waals surface area contributed by atoms with Crippen LogP contribution in [0.3, 0.4) is 0 Å². The minimum absolute atomic E-state index is 0.0972. The van der Waals surface area contributed by atoms with Gasteiger partial charge in [0.15, 0.2) is 5.69 Å². The number of aromatic nitrogens is 2. The van der Waals surface area contributed by atoms with Gasteiger partial charge in [-0.05, 0) is 18.8 Å². The van der Waals surface area contributed by atoms with Crippen LogP contribution in [0.25, 0.3) is 0 Å². The molecule has 0 aromatic carbocycles. The zero-order valence-electron chi connectivity index (χ0n) is 13.2. The van der Waals surface area contributed by atoms with Crippen molar-refractivity contribution in [3.8, 4) is 0 Å². The Hall–Kier alpha value is -1.45. The molecule has 2 unspecified atom stereocenters. The molecule has 0 saturated heterocycles. The first-order valence-electron chi connectivity index (χ1n) is 7.96. The number of fused-ring (bicyclic) bond motifs is 1. The Bertz CT molecular complexity index is 685. The van der Waals surface area contributed by atoms with E-state index >= 15 is 0 Å². The van der Waals surface area contributed by atoms with E-state index in [1.807, 2.05) is 0 Å². The lowest BCUT2D eigenvalue weighted by atomic mass is 10.0. The van der Waals surface area contributed by atoms with Gasteiger partial charge in [0.25, 0.3) is 5.91 Å². The molecule has 4 N–H and O–H groups in total. The number of hydrogen-bond acceptors (Lipinski definition) is 5. The van der Waals surface area contributed by atoms with E-state index in [2.05, 4.69) is 25.6 Å². The van der Waals surface area contributed by atoms with Crippen LogP contribution in [0.5, 0.6) is 0 Å². The van der Waals surface area contributed by atoms with Crippen LogP contribution in [0.15, 0.2) is 0 Å². The van der Waals surface area contributed by atoms with E-state index in [1.165, 1.54) is 6.26 Å². The lowest BCUT2D eigenvalue weighted by Gasteiger charge is -2.20. The summed E-state index contributed by atoms with van der Waals surface area (Å²) in [6.45, 7) is 1.99. The zero-order valence-corrected chi connectivity index (χ0v) is 14.0. The molecule has 0 radical (unpaired) electrons. The molecule has 1 aliphatic carbocycles. The molecule has 2 heterocycles. The molecule has 1 aliphatic heterocycles. The number of carbonyl (C=O) groups is 1. The number of hydrogen-bond donors (Lipinski definition) is 4. The van der Waals surface area contributed by atoms with Crippen LogP contribution < -0.4 is 15.4 Å². The van der Waals surface area contributed by atoms with E-state index in [4.69, 9.17) is 0 Å². The molecule has 2 atom stereocenters. The molecule has 1 amide bonds. The first-order chi connectivity index (χ1) is 10.9. The molecule has 9 heteroatoms. The Kier molecular flexibility index (Phi) is 4.69. The highest BCUT2D eigenvalue weighted by atomic mass is 32.2. The van der Waals surface area contributed by atoms with Crippen molar-refractivity contribution >= 4 is 15.9 Å². The standard InChI is InChI=1S/C14H23N5O3S/c1-23(21,22)19-11-4-2-3-9(11)7-16-14(20)13-10-8-15-6-5-12(10)17-18-13/h9,11,15,19H,2-8H2,1H3,(H,16,20)(H,17,18). The fourth-order valence-electron chi connectivity index (χ4n) is 3.43. The molecule has 1 aromatic heterocycles. The molecule has 0 bridgehead atoms. The molecule has 1 saturated carbocycles. The third-order valence-electron chi connectivity index (χ3n) is 4.57. The quantitative estimate of drug-likeness (QED) is 0.576. The summed E-state index contributed by atoms with van der Waals surface area (Å²) in [5.74, 6) is -0.0715. The maximum atomic E-state index is 12.4. The molecule has 8 nitrogen and oxygen atoms in total. The van der Waals surface area contributed by atoms with Gasteiger partial charge in [0, 0.05) is 43.4 Å². The minimum atomic E-state index is -3.22. The largest absolute Gasteiger partial charge is 0.350 e. The van der Waals surface area contributed by atoms with Gasteiger partial charge in [-0.2, -0.15) is 5.10 Å². The fourth-order valence-corrected chi connectivity index (χ4v) is 4.29. The number of nitrogens with one attached hydrogen (secondary N) is 4. The van der Waals surface area contributed by atoms with Crippen molar-refractivity contribution in [3.63, 3.8) is 0 Å². The van der Waals surface area contributed by atoms with Gasteiger partial charge in [-0.1, -0.05) is 6.42 Å². The summed E-state index contributed by atoms with van der Waals surface area (Å²) in [4.78, 5) is 12.4. The average molecular weight is 341 g/mol. The number of rotatable bonds is 5. The Balaban J connectivity index is 1.59. The summed E-state index contributed by atoms with van der Waals surface area (Å²) in [7, 11) is -3.22. The van der Waals surface area contributed by atoms with Crippen molar-refractivity contribution in [2.24, 2.45) is 5.92 Å². The van der Waals surface area contributed by atoms with Crippen molar-refractivity contribution < 1.29 is 13.2 Å². The van der Waals surface area contributed by atoms with Gasteiger partial charge in [-0.15, -0.1) is 0 Å². The Labute approximate surface area is 135 Å². The van der Waals surface area contributed by atoms with E-state index in [0.29, 0.717) is 18.8 Å². The predicted molar refractivity (Wildman–Crippen MR) is 85.4 cm³/mol. The van der Waals surface area contributed by atoms with Gasteiger partial charge in [0.1, 0.15) is 0 Å². The van der Waals surface area contributed by atoms with Crippen LogP contribution >= 0.6 is 0 Å². The maximum absolute atomic E-state index is 12.4. The zero-order chi connectivity index (χ0) is 16.4. The van der Waals surface area contributed by atoms with Gasteiger partial charge in [0.2, 0.25) is 10.0 Å². The topological polar surface area (TPSA) is 116 Å². The number of carbonyl (C=O) groups excluding carboxylic acids is 1. The molecule has 1 aromatic rings. The first-order valence-corrected chi connectivity index (χ1v) is 9.85. The van der Waals surface area contributed by atoms with Crippen molar-refractivity contribution in [3.05, 3.63) is 17.0 Å². The van der Waals surface area contributed by atoms with E-state index in [0.717, 1.165) is 43.5 Å². The van der Waals surface area contributed by atoms with Gasteiger partial charge >= 0.3 is 0 Å². The van der Waals surface area contributed by atoms with E-state index in [-0.39, 0.29) is 17.9 Å². The molecule has 2 aliphatic rings. The molecule has 1 fully saturated rings. The number of aromatic amines is 1. The van der Waals surface area contributed by atoms with E-state index < -0.39 is 10.0 Å². The van der Waals surface area contributed by atoms with Crippen LogP contribution in [0, 0.1) is 5.92 Å². The fraction of sp³-hybridized carbons (Fsp3) is 0.714. The first kappa shape index (κ1) is 16.4. The molecule has 0 spiro atoms. The third-order valence-corrected chi connectivity index (χ3v) is 5.30. The minimum Gasteiger partial charge on any atom is -0.350 e. The summed E-state index contributed by atoms with van der Waals surface area (Å²) < 4.78 is 25.5. The molecule has 128 valence electrons. The van der Waals surface area contributed by atoms with Gasteiger partial charge < -0.3 is 10.6 Å². The Morgan fingerprint density at radius 1 is 1.39 bits per heavy atom. The normalized spacial score (nSPS) is 24.4. The maximum Gasteiger partial charge on any atom is 0.272 e. The lowest BCUT2D eigenvalue weighted by Crippen LogP contribution is -2.41. The lowest BCUT2D eigenvalue weighted by molar-refractivity contribution is 0.0940. The number of amides is 1. The monoisotopic (exact) mass is 341 g/mol. The highest BCUT2D eigenvalue weighted by molar-refractivity contribution is 7.88. The van der Waals surface area contributed by atoms with Crippen LogP contribution in [0.1, 0.15) is 41.0 Å². The van der Waals surface area contributed by atoms with Crippen LogP contribution in [-0.2, 0) is 23.0 Å². The number of sulfonamides is 1. The second kappa shape index (κ2) is 6.58. The highest BCUT2D eigenvalue weighted by Gasteiger charge is 2.30. The highest BCUT2D eigenvalue weighted by Crippen LogP contribution is 2.25. The van der Waals surface area contributed by atoms with Crippen molar-refractivity contribution in [1.82, 2.24) is 25.6 Å². The van der Waals surface area contributed by atoms with Crippen molar-refractivity contribution in [1.29, 1.82) is 0 Å². The number of nitrogens with zero attached hydrogens (tertiary/aromatic N) is 1. The predicted octanol–water partition coefficient (Wildman–Crippen LogP) is -0.497. The Morgan fingerprint density at radius 3 is 3.00 bits per heavy atom.